The monoisotopic (exact) mass is 341 g/mol. The van der Waals surface area contributed by atoms with E-state index in [0.29, 0.717) is 16.5 Å². The van der Waals surface area contributed by atoms with Crippen LogP contribution < -0.4 is 5.32 Å². The number of carbonyl (C=O) groups excluding carboxylic acids is 1. The van der Waals surface area contributed by atoms with Crippen LogP contribution in [0.25, 0.3) is 11.4 Å². The molecule has 1 heterocycles. The summed E-state index contributed by atoms with van der Waals surface area (Å²) in [5, 5.41) is 15.6. The molecule has 1 aromatic heterocycles. The highest BCUT2D eigenvalue weighted by Gasteiger charge is 2.19. The molecule has 7 heteroatoms. The summed E-state index contributed by atoms with van der Waals surface area (Å²) in [5.41, 5.74) is 2.63. The van der Waals surface area contributed by atoms with Crippen LogP contribution in [0, 0.1) is 6.92 Å². The summed E-state index contributed by atoms with van der Waals surface area (Å²) < 4.78 is 0. The highest BCUT2D eigenvalue weighted by atomic mass is 35.5. The summed E-state index contributed by atoms with van der Waals surface area (Å²) in [7, 11) is 0. The molecule has 0 aliphatic heterocycles. The van der Waals surface area contributed by atoms with Crippen LogP contribution in [0.2, 0.25) is 5.02 Å². The number of rotatable bonds is 4. The molecule has 0 bridgehead atoms. The van der Waals surface area contributed by atoms with Gasteiger partial charge in [-0.1, -0.05) is 47.5 Å². The second-order valence-electron chi connectivity index (χ2n) is 5.48. The zero-order chi connectivity index (χ0) is 17.1. The van der Waals surface area contributed by atoms with Crippen LogP contribution >= 0.6 is 11.6 Å². The molecule has 0 aliphatic rings. The molecular weight excluding hydrogens is 326 g/mol. The first-order valence-corrected chi connectivity index (χ1v) is 7.84. The highest BCUT2D eigenvalue weighted by molar-refractivity contribution is 6.30. The van der Waals surface area contributed by atoms with Crippen LogP contribution in [-0.2, 0) is 4.79 Å². The lowest BCUT2D eigenvalue weighted by Gasteiger charge is -2.10. The van der Waals surface area contributed by atoms with E-state index in [1.165, 1.54) is 4.80 Å². The van der Waals surface area contributed by atoms with Crippen molar-refractivity contribution in [1.82, 2.24) is 20.2 Å². The Kier molecular flexibility index (Phi) is 4.57. The average molecular weight is 342 g/mol. The van der Waals surface area contributed by atoms with Crippen molar-refractivity contribution in [1.29, 1.82) is 0 Å². The lowest BCUT2D eigenvalue weighted by Crippen LogP contribution is -2.25. The zero-order valence-electron chi connectivity index (χ0n) is 13.3. The fraction of sp³-hybridized carbons (Fsp3) is 0.176. The van der Waals surface area contributed by atoms with E-state index in [4.69, 9.17) is 11.6 Å². The largest absolute Gasteiger partial charge is 0.324 e. The minimum Gasteiger partial charge on any atom is -0.324 e. The van der Waals surface area contributed by atoms with Gasteiger partial charge >= 0.3 is 0 Å². The Morgan fingerprint density at radius 1 is 1.21 bits per heavy atom. The summed E-state index contributed by atoms with van der Waals surface area (Å²) >= 11 is 5.92. The lowest BCUT2D eigenvalue weighted by atomic mass is 10.1. The standard InChI is InChI=1S/C17H16ClN5O/c1-11-6-8-13(9-7-11)16-20-22-23(21-16)12(2)17(24)19-15-5-3-4-14(18)10-15/h3-10,12H,1-2H3,(H,19,24)/t12-/m0/s1. The molecule has 24 heavy (non-hydrogen) atoms. The van der Waals surface area contributed by atoms with Gasteiger partial charge < -0.3 is 5.32 Å². The molecule has 3 rings (SSSR count). The number of aryl methyl sites for hydroxylation is 1. The highest BCUT2D eigenvalue weighted by Crippen LogP contribution is 2.18. The number of amides is 1. The van der Waals surface area contributed by atoms with Crippen molar-refractivity contribution in [2.45, 2.75) is 19.9 Å². The maximum atomic E-state index is 12.3. The smallest absolute Gasteiger partial charge is 0.250 e. The van der Waals surface area contributed by atoms with Gasteiger partial charge in [0.25, 0.3) is 5.91 Å². The maximum absolute atomic E-state index is 12.3. The number of tetrazole rings is 1. The molecule has 0 saturated carbocycles. The number of nitrogens with zero attached hydrogens (tertiary/aromatic N) is 4. The third kappa shape index (κ3) is 3.60. The number of aromatic nitrogens is 4. The summed E-state index contributed by atoms with van der Waals surface area (Å²) in [4.78, 5) is 13.6. The van der Waals surface area contributed by atoms with E-state index >= 15 is 0 Å². The SMILES string of the molecule is Cc1ccc(-c2nnn([C@@H](C)C(=O)Nc3cccc(Cl)c3)n2)cc1. The van der Waals surface area contributed by atoms with Crippen molar-refractivity contribution in [2.75, 3.05) is 5.32 Å². The summed E-state index contributed by atoms with van der Waals surface area (Å²) in [6.07, 6.45) is 0. The predicted molar refractivity (Wildman–Crippen MR) is 92.8 cm³/mol. The molecule has 1 amide bonds. The van der Waals surface area contributed by atoms with E-state index in [2.05, 4.69) is 20.7 Å². The summed E-state index contributed by atoms with van der Waals surface area (Å²) in [5.74, 6) is 0.238. The van der Waals surface area contributed by atoms with Gasteiger partial charge in [-0.05, 0) is 37.3 Å². The first-order chi connectivity index (χ1) is 11.5. The Labute approximate surface area is 144 Å². The molecule has 0 fully saturated rings. The normalized spacial score (nSPS) is 12.0. The van der Waals surface area contributed by atoms with Gasteiger partial charge in [0.05, 0.1) is 0 Å². The van der Waals surface area contributed by atoms with Gasteiger partial charge in [-0.3, -0.25) is 4.79 Å². The number of carbonyl (C=O) groups is 1. The van der Waals surface area contributed by atoms with Crippen molar-refractivity contribution < 1.29 is 4.79 Å². The molecular formula is C17H16ClN5O. The first kappa shape index (κ1) is 16.1. The fourth-order valence-electron chi connectivity index (χ4n) is 2.13. The van der Waals surface area contributed by atoms with Gasteiger partial charge in [0.2, 0.25) is 5.82 Å². The molecule has 2 aromatic carbocycles. The van der Waals surface area contributed by atoms with E-state index in [0.717, 1.165) is 11.1 Å². The Balaban J connectivity index is 1.74. The second-order valence-corrected chi connectivity index (χ2v) is 5.91. The number of nitrogens with one attached hydrogen (secondary N) is 1. The zero-order valence-corrected chi connectivity index (χ0v) is 14.0. The Morgan fingerprint density at radius 3 is 2.67 bits per heavy atom. The molecule has 122 valence electrons. The minimum absolute atomic E-state index is 0.245. The lowest BCUT2D eigenvalue weighted by molar-refractivity contribution is -0.119. The van der Waals surface area contributed by atoms with Crippen molar-refractivity contribution in [3.8, 4) is 11.4 Å². The van der Waals surface area contributed by atoms with E-state index in [9.17, 15) is 4.79 Å². The summed E-state index contributed by atoms with van der Waals surface area (Å²) in [6.45, 7) is 3.72. The van der Waals surface area contributed by atoms with Crippen molar-refractivity contribution in [3.63, 3.8) is 0 Å². The van der Waals surface area contributed by atoms with Gasteiger partial charge in [0, 0.05) is 16.3 Å². The molecule has 1 atom stereocenters. The van der Waals surface area contributed by atoms with Gasteiger partial charge in [-0.25, -0.2) is 0 Å². The summed E-state index contributed by atoms with van der Waals surface area (Å²) in [6, 6.07) is 14.2. The van der Waals surface area contributed by atoms with Crippen LogP contribution in [0.3, 0.4) is 0 Å². The number of anilines is 1. The molecule has 0 radical (unpaired) electrons. The van der Waals surface area contributed by atoms with E-state index in [1.807, 2.05) is 31.2 Å². The molecule has 1 N–H and O–H groups in total. The van der Waals surface area contributed by atoms with E-state index < -0.39 is 6.04 Å². The van der Waals surface area contributed by atoms with Crippen molar-refractivity contribution >= 4 is 23.2 Å². The predicted octanol–water partition coefficient (Wildman–Crippen LogP) is 3.50. The quantitative estimate of drug-likeness (QED) is 0.788. The van der Waals surface area contributed by atoms with Gasteiger partial charge in [0.1, 0.15) is 6.04 Å². The first-order valence-electron chi connectivity index (χ1n) is 7.46. The van der Waals surface area contributed by atoms with E-state index in [-0.39, 0.29) is 5.91 Å². The van der Waals surface area contributed by atoms with E-state index in [1.54, 1.807) is 31.2 Å². The van der Waals surface area contributed by atoms with Crippen LogP contribution in [0.5, 0.6) is 0 Å². The number of hydrogen-bond acceptors (Lipinski definition) is 4. The minimum atomic E-state index is -0.601. The molecule has 0 saturated heterocycles. The van der Waals surface area contributed by atoms with Crippen LogP contribution in [0.4, 0.5) is 5.69 Å². The average Bonchev–Trinajstić information content (AvgIpc) is 3.04. The van der Waals surface area contributed by atoms with Crippen LogP contribution in [-0.4, -0.2) is 26.1 Å². The molecule has 0 spiro atoms. The van der Waals surface area contributed by atoms with Gasteiger partial charge in [-0.2, -0.15) is 4.80 Å². The van der Waals surface area contributed by atoms with Gasteiger partial charge in [-0.15, -0.1) is 10.2 Å². The molecule has 3 aromatic rings. The Hall–Kier alpha value is -2.73. The number of hydrogen-bond donors (Lipinski definition) is 1. The molecule has 0 unspecified atom stereocenters. The fourth-order valence-corrected chi connectivity index (χ4v) is 2.32. The second kappa shape index (κ2) is 6.80. The molecule has 0 aliphatic carbocycles. The number of benzene rings is 2. The van der Waals surface area contributed by atoms with Crippen molar-refractivity contribution in [3.05, 3.63) is 59.1 Å². The number of halogens is 1. The maximum Gasteiger partial charge on any atom is 0.250 e. The third-order valence-electron chi connectivity index (χ3n) is 3.56. The topological polar surface area (TPSA) is 72.7 Å². The third-order valence-corrected chi connectivity index (χ3v) is 3.79. The Bertz CT molecular complexity index is 859. The van der Waals surface area contributed by atoms with Gasteiger partial charge in [0.15, 0.2) is 0 Å². The van der Waals surface area contributed by atoms with Crippen LogP contribution in [0.1, 0.15) is 18.5 Å². The molecule has 6 nitrogen and oxygen atoms in total. The Morgan fingerprint density at radius 2 is 1.96 bits per heavy atom. The van der Waals surface area contributed by atoms with Crippen molar-refractivity contribution in [2.24, 2.45) is 0 Å². The van der Waals surface area contributed by atoms with Crippen LogP contribution in [0.15, 0.2) is 48.5 Å².